The van der Waals surface area contributed by atoms with E-state index in [1.807, 2.05) is 45.2 Å². The Kier molecular flexibility index (Phi) is 9.84. The van der Waals surface area contributed by atoms with Crippen LogP contribution in [0.3, 0.4) is 0 Å². The van der Waals surface area contributed by atoms with Gasteiger partial charge < -0.3 is 18.9 Å². The van der Waals surface area contributed by atoms with Gasteiger partial charge in [-0.05, 0) is 38.0 Å². The molecule has 0 saturated heterocycles. The summed E-state index contributed by atoms with van der Waals surface area (Å²) in [6.07, 6.45) is 2.42. The second-order valence-corrected chi connectivity index (χ2v) is 8.06. The molecule has 35 heavy (non-hydrogen) atoms. The van der Waals surface area contributed by atoms with Crippen LogP contribution in [-0.4, -0.2) is 58.2 Å². The summed E-state index contributed by atoms with van der Waals surface area (Å²) < 4.78 is 24.3. The fourth-order valence-corrected chi connectivity index (χ4v) is 3.79. The first-order chi connectivity index (χ1) is 17.0. The second-order valence-electron chi connectivity index (χ2n) is 8.06. The molecule has 1 atom stereocenters. The number of ether oxygens (including phenoxy) is 4. The zero-order chi connectivity index (χ0) is 25.2. The van der Waals surface area contributed by atoms with E-state index in [0.29, 0.717) is 44.5 Å². The molecule has 0 radical (unpaired) electrons. The molecule has 0 unspecified atom stereocenters. The molecule has 0 N–H and O–H groups in total. The molecule has 0 aliphatic rings. The highest BCUT2D eigenvalue weighted by Gasteiger charge is 2.21. The summed E-state index contributed by atoms with van der Waals surface area (Å²) in [7, 11) is 1.89. The number of aryl methyl sites for hydroxylation is 3. The maximum absolute atomic E-state index is 12.1. The van der Waals surface area contributed by atoms with E-state index in [1.165, 1.54) is 0 Å². The van der Waals surface area contributed by atoms with Gasteiger partial charge in [0.15, 0.2) is 6.10 Å². The van der Waals surface area contributed by atoms with Crippen LogP contribution in [0.2, 0.25) is 0 Å². The van der Waals surface area contributed by atoms with Crippen molar-refractivity contribution in [2.75, 3.05) is 26.4 Å². The molecule has 0 amide bonds. The van der Waals surface area contributed by atoms with Crippen molar-refractivity contribution in [1.29, 1.82) is 0 Å². The minimum absolute atomic E-state index is 0.331. The van der Waals surface area contributed by atoms with E-state index < -0.39 is 6.10 Å². The number of benzene rings is 1. The standard InChI is InChI=1S/C26H36N4O5/c1-6-10-20-23-24(30(5)29-20)25(28-22(7-2)27-23)35-16-15-34-19-13-11-18(12-14-19)17-21(32-8-3)26(31)33-9-4/h11-14,21H,6-10,15-17H2,1-5H3/t21-/m0/s1. The fourth-order valence-electron chi connectivity index (χ4n) is 3.79. The smallest absolute Gasteiger partial charge is 0.335 e. The number of hydrogen-bond donors (Lipinski definition) is 0. The molecule has 0 aliphatic carbocycles. The van der Waals surface area contributed by atoms with Gasteiger partial charge in [-0.1, -0.05) is 32.4 Å². The van der Waals surface area contributed by atoms with Gasteiger partial charge in [0.2, 0.25) is 5.88 Å². The minimum Gasteiger partial charge on any atom is -0.490 e. The fraction of sp³-hybridized carbons (Fsp3) is 0.538. The Hall–Kier alpha value is -3.20. The molecular weight excluding hydrogens is 448 g/mol. The molecule has 9 heteroatoms. The highest BCUT2D eigenvalue weighted by Crippen LogP contribution is 2.26. The van der Waals surface area contributed by atoms with Gasteiger partial charge >= 0.3 is 5.97 Å². The maximum atomic E-state index is 12.1. The number of fused-ring (bicyclic) bond motifs is 1. The predicted octanol–water partition coefficient (Wildman–Crippen LogP) is 3.85. The van der Waals surface area contributed by atoms with Crippen molar-refractivity contribution in [3.63, 3.8) is 0 Å². The van der Waals surface area contributed by atoms with Gasteiger partial charge in [0, 0.05) is 26.5 Å². The Labute approximate surface area is 206 Å². The monoisotopic (exact) mass is 484 g/mol. The Morgan fingerprint density at radius 1 is 1.00 bits per heavy atom. The van der Waals surface area contributed by atoms with Crippen molar-refractivity contribution in [2.24, 2.45) is 7.05 Å². The van der Waals surface area contributed by atoms with Crippen molar-refractivity contribution < 1.29 is 23.7 Å². The van der Waals surface area contributed by atoms with Gasteiger partial charge in [0.1, 0.15) is 35.8 Å². The molecule has 0 saturated carbocycles. The second kappa shape index (κ2) is 13.0. The van der Waals surface area contributed by atoms with Gasteiger partial charge in [-0.3, -0.25) is 4.68 Å². The van der Waals surface area contributed by atoms with Gasteiger partial charge in [-0.15, -0.1) is 0 Å². The topological polar surface area (TPSA) is 97.6 Å². The third-order valence-corrected chi connectivity index (χ3v) is 5.42. The number of rotatable bonds is 14. The molecule has 2 aromatic heterocycles. The van der Waals surface area contributed by atoms with Crippen molar-refractivity contribution >= 4 is 17.0 Å². The lowest BCUT2D eigenvalue weighted by molar-refractivity contribution is -0.156. The van der Waals surface area contributed by atoms with Gasteiger partial charge in [0.25, 0.3) is 0 Å². The highest BCUT2D eigenvalue weighted by molar-refractivity contribution is 5.82. The number of carbonyl (C=O) groups excluding carboxylic acids is 1. The molecule has 3 aromatic rings. The molecular formula is C26H36N4O5. The van der Waals surface area contributed by atoms with Crippen LogP contribution in [0, 0.1) is 0 Å². The van der Waals surface area contributed by atoms with Crippen LogP contribution in [0.25, 0.3) is 11.0 Å². The van der Waals surface area contributed by atoms with E-state index in [1.54, 1.807) is 11.6 Å². The summed E-state index contributed by atoms with van der Waals surface area (Å²) in [6, 6.07) is 7.60. The molecule has 1 aromatic carbocycles. The van der Waals surface area contributed by atoms with Gasteiger partial charge in [-0.25, -0.2) is 9.78 Å². The summed E-state index contributed by atoms with van der Waals surface area (Å²) in [6.45, 7) is 9.27. The SMILES string of the molecule is CCCc1nn(C)c2c(OCCOc3ccc(C[C@H](OCC)C(=O)OCC)cc3)nc(CC)nc12. The van der Waals surface area contributed by atoms with Crippen LogP contribution in [0.4, 0.5) is 0 Å². The first-order valence-corrected chi connectivity index (χ1v) is 12.4. The molecule has 0 fully saturated rings. The van der Waals surface area contributed by atoms with E-state index in [2.05, 4.69) is 22.0 Å². The van der Waals surface area contributed by atoms with Crippen molar-refractivity contribution in [2.45, 2.75) is 59.5 Å². The van der Waals surface area contributed by atoms with E-state index in [9.17, 15) is 4.79 Å². The Morgan fingerprint density at radius 2 is 1.74 bits per heavy atom. The number of aromatic nitrogens is 4. The highest BCUT2D eigenvalue weighted by atomic mass is 16.6. The van der Waals surface area contributed by atoms with Crippen molar-refractivity contribution in [3.05, 3.63) is 41.3 Å². The van der Waals surface area contributed by atoms with E-state index in [4.69, 9.17) is 18.9 Å². The van der Waals surface area contributed by atoms with Crippen LogP contribution >= 0.6 is 0 Å². The molecule has 2 heterocycles. The Balaban J connectivity index is 1.59. The predicted molar refractivity (Wildman–Crippen MR) is 133 cm³/mol. The first-order valence-electron chi connectivity index (χ1n) is 12.4. The number of carbonyl (C=O) groups is 1. The van der Waals surface area contributed by atoms with Crippen molar-refractivity contribution in [3.8, 4) is 11.6 Å². The third kappa shape index (κ3) is 6.91. The van der Waals surface area contributed by atoms with E-state index in [0.717, 1.165) is 47.4 Å². The average Bonchev–Trinajstić information content (AvgIpc) is 3.17. The van der Waals surface area contributed by atoms with Crippen LogP contribution < -0.4 is 9.47 Å². The summed E-state index contributed by atoms with van der Waals surface area (Å²) in [5, 5.41) is 4.62. The lowest BCUT2D eigenvalue weighted by Crippen LogP contribution is -2.28. The molecule has 190 valence electrons. The molecule has 0 bridgehead atoms. The molecule has 0 spiro atoms. The van der Waals surface area contributed by atoms with Crippen LogP contribution in [-0.2, 0) is 40.6 Å². The Bertz CT molecular complexity index is 1100. The number of nitrogens with zero attached hydrogens (tertiary/aromatic N) is 4. The normalized spacial score (nSPS) is 12.0. The number of hydrogen-bond acceptors (Lipinski definition) is 8. The van der Waals surface area contributed by atoms with Crippen molar-refractivity contribution in [1.82, 2.24) is 19.7 Å². The number of esters is 1. The zero-order valence-corrected chi connectivity index (χ0v) is 21.4. The lowest BCUT2D eigenvalue weighted by Gasteiger charge is -2.16. The molecule has 3 rings (SSSR count). The largest absolute Gasteiger partial charge is 0.490 e. The zero-order valence-electron chi connectivity index (χ0n) is 21.4. The van der Waals surface area contributed by atoms with E-state index >= 15 is 0 Å². The lowest BCUT2D eigenvalue weighted by atomic mass is 10.1. The summed E-state index contributed by atoms with van der Waals surface area (Å²) >= 11 is 0. The van der Waals surface area contributed by atoms with Crippen LogP contribution in [0.15, 0.2) is 24.3 Å². The minimum atomic E-state index is -0.609. The Morgan fingerprint density at radius 3 is 2.40 bits per heavy atom. The average molecular weight is 485 g/mol. The van der Waals surface area contributed by atoms with Gasteiger partial charge in [0.05, 0.1) is 12.3 Å². The van der Waals surface area contributed by atoms with Crippen LogP contribution in [0.5, 0.6) is 11.6 Å². The van der Waals surface area contributed by atoms with E-state index in [-0.39, 0.29) is 5.97 Å². The first kappa shape index (κ1) is 26.4. The maximum Gasteiger partial charge on any atom is 0.335 e. The van der Waals surface area contributed by atoms with Crippen LogP contribution in [0.1, 0.15) is 51.2 Å². The summed E-state index contributed by atoms with van der Waals surface area (Å²) in [4.78, 5) is 21.3. The molecule has 0 aliphatic heterocycles. The van der Waals surface area contributed by atoms with Gasteiger partial charge in [-0.2, -0.15) is 10.1 Å². The summed E-state index contributed by atoms with van der Waals surface area (Å²) in [5.74, 6) is 1.65. The summed E-state index contributed by atoms with van der Waals surface area (Å²) in [5.41, 5.74) is 3.61. The third-order valence-electron chi connectivity index (χ3n) is 5.42. The molecule has 9 nitrogen and oxygen atoms in total. The quantitative estimate of drug-likeness (QED) is 0.251.